The van der Waals surface area contributed by atoms with Crippen LogP contribution in [-0.4, -0.2) is 54.9 Å². The van der Waals surface area contributed by atoms with E-state index in [0.29, 0.717) is 25.3 Å². The fraction of sp³-hybridized carbons (Fsp3) is 0.400. The van der Waals surface area contributed by atoms with Gasteiger partial charge in [-0.2, -0.15) is 12.7 Å². The van der Waals surface area contributed by atoms with Gasteiger partial charge in [0.05, 0.1) is 0 Å². The Morgan fingerprint density at radius 1 is 1.07 bits per heavy atom. The molecule has 1 fully saturated rings. The molecular formula is C20H26N4O4S. The van der Waals surface area contributed by atoms with Crippen LogP contribution in [0.15, 0.2) is 48.5 Å². The smallest absolute Gasteiger partial charge is 0.410 e. The lowest BCUT2D eigenvalue weighted by atomic mass is 10.2. The Bertz CT molecular complexity index is 921. The molecule has 0 spiro atoms. The van der Waals surface area contributed by atoms with Crippen molar-refractivity contribution in [3.05, 3.63) is 59.8 Å². The van der Waals surface area contributed by atoms with Crippen molar-refractivity contribution in [2.45, 2.75) is 26.4 Å². The molecule has 1 saturated heterocycles. The largest absolute Gasteiger partial charge is 0.445 e. The Balaban J connectivity index is 1.56. The van der Waals surface area contributed by atoms with Crippen LogP contribution in [0.5, 0.6) is 0 Å². The predicted octanol–water partition coefficient (Wildman–Crippen LogP) is 2.65. The topological polar surface area (TPSA) is 91.8 Å². The zero-order chi connectivity index (χ0) is 20.7. The van der Waals surface area contributed by atoms with Crippen LogP contribution in [0.4, 0.5) is 10.6 Å². The Morgan fingerprint density at radius 2 is 1.86 bits per heavy atom. The fourth-order valence-electron chi connectivity index (χ4n) is 3.06. The monoisotopic (exact) mass is 418 g/mol. The summed E-state index contributed by atoms with van der Waals surface area (Å²) in [6, 6.07) is 14.7. The summed E-state index contributed by atoms with van der Waals surface area (Å²) < 4.78 is 34.7. The van der Waals surface area contributed by atoms with Crippen molar-refractivity contribution in [2.24, 2.45) is 0 Å². The number of ether oxygens (including phenoxy) is 1. The van der Waals surface area contributed by atoms with Crippen molar-refractivity contribution in [3.8, 4) is 0 Å². The van der Waals surface area contributed by atoms with Crippen molar-refractivity contribution in [1.82, 2.24) is 14.2 Å². The van der Waals surface area contributed by atoms with E-state index in [2.05, 4.69) is 9.71 Å². The van der Waals surface area contributed by atoms with Gasteiger partial charge in [0, 0.05) is 31.9 Å². The van der Waals surface area contributed by atoms with E-state index in [1.165, 1.54) is 4.31 Å². The summed E-state index contributed by atoms with van der Waals surface area (Å²) in [6.45, 7) is 3.40. The van der Waals surface area contributed by atoms with Gasteiger partial charge in [-0.3, -0.25) is 4.72 Å². The van der Waals surface area contributed by atoms with Gasteiger partial charge in [-0.1, -0.05) is 43.3 Å². The van der Waals surface area contributed by atoms with Crippen LogP contribution < -0.4 is 4.72 Å². The first kappa shape index (κ1) is 21.1. The van der Waals surface area contributed by atoms with E-state index in [-0.39, 0.29) is 19.7 Å². The van der Waals surface area contributed by atoms with Crippen LogP contribution in [-0.2, 0) is 28.0 Å². The van der Waals surface area contributed by atoms with Crippen molar-refractivity contribution in [1.29, 1.82) is 0 Å². The van der Waals surface area contributed by atoms with E-state index >= 15 is 0 Å². The van der Waals surface area contributed by atoms with Crippen molar-refractivity contribution >= 4 is 22.1 Å². The van der Waals surface area contributed by atoms with Crippen LogP contribution in [0.1, 0.15) is 24.6 Å². The number of anilines is 1. The number of aryl methyl sites for hydroxylation is 1. The molecule has 29 heavy (non-hydrogen) atoms. The first-order valence-corrected chi connectivity index (χ1v) is 11.1. The molecule has 0 unspecified atom stereocenters. The van der Waals surface area contributed by atoms with Gasteiger partial charge in [0.1, 0.15) is 12.4 Å². The summed E-state index contributed by atoms with van der Waals surface area (Å²) in [5.41, 5.74) is 1.72. The number of carbonyl (C=O) groups is 1. The average Bonchev–Trinajstić information content (AvgIpc) is 3.00. The summed E-state index contributed by atoms with van der Waals surface area (Å²) in [6.07, 6.45) is 0.821. The van der Waals surface area contributed by atoms with E-state index in [1.54, 1.807) is 17.0 Å². The number of hydrogen-bond acceptors (Lipinski definition) is 5. The Morgan fingerprint density at radius 3 is 2.62 bits per heavy atom. The summed E-state index contributed by atoms with van der Waals surface area (Å²) in [5, 5.41) is 0. The van der Waals surface area contributed by atoms with E-state index in [1.807, 2.05) is 43.3 Å². The molecule has 2 heterocycles. The number of nitrogens with zero attached hydrogens (tertiary/aromatic N) is 3. The molecule has 0 aliphatic carbocycles. The first-order chi connectivity index (χ1) is 14.0. The summed E-state index contributed by atoms with van der Waals surface area (Å²) in [4.78, 5) is 18.2. The molecular weight excluding hydrogens is 392 g/mol. The Kier molecular flexibility index (Phi) is 7.05. The van der Waals surface area contributed by atoms with Gasteiger partial charge in [0.2, 0.25) is 0 Å². The molecule has 1 N–H and O–H groups in total. The molecule has 1 aromatic carbocycles. The highest BCUT2D eigenvalue weighted by Gasteiger charge is 2.27. The lowest BCUT2D eigenvalue weighted by molar-refractivity contribution is 0.0980. The predicted molar refractivity (Wildman–Crippen MR) is 111 cm³/mol. The van der Waals surface area contributed by atoms with Gasteiger partial charge < -0.3 is 9.64 Å². The van der Waals surface area contributed by atoms with Crippen molar-refractivity contribution in [2.75, 3.05) is 30.9 Å². The third kappa shape index (κ3) is 5.91. The fourth-order valence-corrected chi connectivity index (χ4v) is 4.26. The molecule has 0 radical (unpaired) electrons. The highest BCUT2D eigenvalue weighted by atomic mass is 32.2. The zero-order valence-corrected chi connectivity index (χ0v) is 17.3. The van der Waals surface area contributed by atoms with Crippen LogP contribution in [0.2, 0.25) is 0 Å². The minimum atomic E-state index is -3.75. The Hall–Kier alpha value is -2.65. The van der Waals surface area contributed by atoms with Gasteiger partial charge in [-0.05, 0) is 30.5 Å². The van der Waals surface area contributed by atoms with Gasteiger partial charge in [0.15, 0.2) is 0 Å². The van der Waals surface area contributed by atoms with E-state index in [9.17, 15) is 13.2 Å². The number of aromatic nitrogens is 1. The molecule has 9 heteroatoms. The third-order valence-electron chi connectivity index (χ3n) is 4.66. The molecule has 1 aliphatic heterocycles. The second-order valence-corrected chi connectivity index (χ2v) is 8.43. The lowest BCUT2D eigenvalue weighted by Crippen LogP contribution is -2.40. The quantitative estimate of drug-likeness (QED) is 0.779. The zero-order valence-electron chi connectivity index (χ0n) is 16.5. The number of rotatable bonds is 6. The number of amides is 1. The van der Waals surface area contributed by atoms with Crippen molar-refractivity contribution < 1.29 is 17.9 Å². The summed E-state index contributed by atoms with van der Waals surface area (Å²) in [7, 11) is -3.75. The number of nitrogens with one attached hydrogen (secondary N) is 1. The molecule has 0 saturated carbocycles. The molecule has 2 aromatic rings. The minimum Gasteiger partial charge on any atom is -0.445 e. The van der Waals surface area contributed by atoms with E-state index in [0.717, 1.165) is 17.7 Å². The molecule has 3 rings (SSSR count). The highest BCUT2D eigenvalue weighted by Crippen LogP contribution is 2.14. The van der Waals surface area contributed by atoms with E-state index < -0.39 is 16.3 Å². The van der Waals surface area contributed by atoms with Crippen LogP contribution in [0.25, 0.3) is 0 Å². The first-order valence-electron chi connectivity index (χ1n) is 9.67. The average molecular weight is 419 g/mol. The van der Waals surface area contributed by atoms with Crippen LogP contribution >= 0.6 is 0 Å². The molecule has 1 aromatic heterocycles. The maximum Gasteiger partial charge on any atom is 0.410 e. The second kappa shape index (κ2) is 9.71. The van der Waals surface area contributed by atoms with E-state index in [4.69, 9.17) is 4.74 Å². The maximum atomic E-state index is 12.7. The number of benzene rings is 1. The molecule has 1 amide bonds. The van der Waals surface area contributed by atoms with Gasteiger partial charge in [-0.15, -0.1) is 0 Å². The molecule has 0 atom stereocenters. The van der Waals surface area contributed by atoms with Gasteiger partial charge >= 0.3 is 16.3 Å². The molecule has 0 bridgehead atoms. The van der Waals surface area contributed by atoms with Crippen LogP contribution in [0.3, 0.4) is 0 Å². The van der Waals surface area contributed by atoms with Crippen LogP contribution in [0, 0.1) is 0 Å². The number of hydrogen-bond donors (Lipinski definition) is 1. The van der Waals surface area contributed by atoms with Crippen molar-refractivity contribution in [3.63, 3.8) is 0 Å². The normalized spacial score (nSPS) is 15.6. The summed E-state index contributed by atoms with van der Waals surface area (Å²) >= 11 is 0. The highest BCUT2D eigenvalue weighted by molar-refractivity contribution is 7.90. The maximum absolute atomic E-state index is 12.7. The second-order valence-electron chi connectivity index (χ2n) is 6.75. The lowest BCUT2D eigenvalue weighted by Gasteiger charge is -2.22. The van der Waals surface area contributed by atoms with Gasteiger partial charge in [0.25, 0.3) is 0 Å². The minimum absolute atomic E-state index is 0.194. The third-order valence-corrected chi connectivity index (χ3v) is 6.17. The Labute approximate surface area is 171 Å². The molecule has 1 aliphatic rings. The number of carbonyl (C=O) groups excluding carboxylic acids is 1. The molecule has 8 nitrogen and oxygen atoms in total. The standard InChI is InChI=1S/C20H26N4O4S/c1-2-18-10-6-11-19(21-18)22-29(26,27)24-13-7-12-23(14-15-24)20(25)28-16-17-8-4-3-5-9-17/h3-6,8-11H,2,7,12-16H2,1H3,(H,21,22). The van der Waals surface area contributed by atoms with Gasteiger partial charge in [-0.25, -0.2) is 9.78 Å². The molecule has 156 valence electrons. The summed E-state index contributed by atoms with van der Waals surface area (Å²) in [5.74, 6) is 0.299. The number of pyridine rings is 1. The SMILES string of the molecule is CCc1cccc(NS(=O)(=O)N2CCCN(C(=O)OCc3ccccc3)CC2)n1.